The van der Waals surface area contributed by atoms with Gasteiger partial charge in [-0.25, -0.2) is 15.0 Å². The number of Topliss-reactive ketones (excluding diaryl/α,β-unsaturated/α-hetero) is 1. The Balaban J connectivity index is 2.24. The lowest BCUT2D eigenvalue weighted by Crippen LogP contribution is -2.05. The van der Waals surface area contributed by atoms with Crippen LogP contribution in [0.25, 0.3) is 17.2 Å². The van der Waals surface area contributed by atoms with E-state index in [0.717, 1.165) is 0 Å². The molecule has 0 aliphatic carbocycles. The summed E-state index contributed by atoms with van der Waals surface area (Å²) in [5.41, 5.74) is 1.28. The molecule has 0 N–H and O–H groups in total. The number of ketones is 1. The number of carbonyl (C=O) groups is 1. The summed E-state index contributed by atoms with van der Waals surface area (Å²) in [6.07, 6.45) is 1.84. The van der Waals surface area contributed by atoms with Crippen LogP contribution in [0.2, 0.25) is 0 Å². The van der Waals surface area contributed by atoms with Gasteiger partial charge in [-0.15, -0.1) is 5.10 Å². The van der Waals surface area contributed by atoms with Gasteiger partial charge in [-0.2, -0.15) is 4.52 Å². The third-order valence-corrected chi connectivity index (χ3v) is 2.76. The van der Waals surface area contributed by atoms with Gasteiger partial charge in [0.1, 0.15) is 11.6 Å². The Bertz CT molecular complexity index is 802. The first kappa shape index (κ1) is 12.5. The van der Waals surface area contributed by atoms with Crippen LogP contribution in [0.4, 0.5) is 0 Å². The lowest BCUT2D eigenvalue weighted by Gasteiger charge is -2.03. The number of carbonyl (C=O) groups excluding carboxylic acids is 1. The molecule has 7 nitrogen and oxygen atoms in total. The Morgan fingerprint density at radius 3 is 2.80 bits per heavy atom. The second-order valence-electron chi connectivity index (χ2n) is 4.62. The van der Waals surface area contributed by atoms with Crippen molar-refractivity contribution in [3.05, 3.63) is 29.7 Å². The molecule has 0 aliphatic heterocycles. The summed E-state index contributed by atoms with van der Waals surface area (Å²) in [4.78, 5) is 24.1. The zero-order valence-corrected chi connectivity index (χ0v) is 11.4. The molecule has 20 heavy (non-hydrogen) atoms. The molecule has 102 valence electrons. The number of aromatic nitrogens is 5. The van der Waals surface area contributed by atoms with Crippen molar-refractivity contribution in [1.82, 2.24) is 24.6 Å². The molecule has 0 unspecified atom stereocenters. The van der Waals surface area contributed by atoms with E-state index in [1.54, 1.807) is 30.6 Å². The fourth-order valence-electron chi connectivity index (χ4n) is 2.02. The maximum Gasteiger partial charge on any atom is 0.200 e. The Morgan fingerprint density at radius 2 is 2.15 bits per heavy atom. The van der Waals surface area contributed by atoms with Gasteiger partial charge in [0.05, 0.1) is 11.9 Å². The molecular formula is C13H13N5O2. The van der Waals surface area contributed by atoms with E-state index in [2.05, 4.69) is 20.1 Å². The average molecular weight is 271 g/mol. The van der Waals surface area contributed by atoms with Crippen LogP contribution in [-0.2, 0) is 11.2 Å². The van der Waals surface area contributed by atoms with Gasteiger partial charge in [0.25, 0.3) is 0 Å². The van der Waals surface area contributed by atoms with Crippen molar-refractivity contribution < 1.29 is 9.21 Å². The van der Waals surface area contributed by atoms with Gasteiger partial charge >= 0.3 is 0 Å². The van der Waals surface area contributed by atoms with E-state index in [4.69, 9.17) is 4.42 Å². The molecular weight excluding hydrogens is 258 g/mol. The predicted molar refractivity (Wildman–Crippen MR) is 70.1 cm³/mol. The average Bonchev–Trinajstić information content (AvgIpc) is 2.92. The van der Waals surface area contributed by atoms with Gasteiger partial charge in [-0.3, -0.25) is 4.79 Å². The number of fused-ring (bicyclic) bond motifs is 1. The molecule has 0 amide bonds. The molecule has 0 fully saturated rings. The minimum absolute atomic E-state index is 0.0396. The zero-order chi connectivity index (χ0) is 14.3. The van der Waals surface area contributed by atoms with Crippen LogP contribution in [0.5, 0.6) is 0 Å². The number of oxazole rings is 1. The van der Waals surface area contributed by atoms with Gasteiger partial charge in [-0.1, -0.05) is 0 Å². The summed E-state index contributed by atoms with van der Waals surface area (Å²) >= 11 is 0. The van der Waals surface area contributed by atoms with Crippen LogP contribution in [0.1, 0.15) is 24.3 Å². The van der Waals surface area contributed by atoms with Crippen molar-refractivity contribution >= 4 is 11.4 Å². The third kappa shape index (κ3) is 2.18. The van der Waals surface area contributed by atoms with Gasteiger partial charge in [0.2, 0.25) is 5.82 Å². The molecule has 3 rings (SSSR count). The van der Waals surface area contributed by atoms with Crippen LogP contribution < -0.4 is 0 Å². The fraction of sp³-hybridized carbons (Fsp3) is 0.308. The summed E-state index contributed by atoms with van der Waals surface area (Å²) in [6.45, 7) is 5.08. The molecule has 0 aliphatic rings. The van der Waals surface area contributed by atoms with E-state index in [0.29, 0.717) is 34.6 Å². The highest BCUT2D eigenvalue weighted by molar-refractivity contribution is 5.78. The Kier molecular flexibility index (Phi) is 2.81. The van der Waals surface area contributed by atoms with Crippen molar-refractivity contribution in [3.63, 3.8) is 0 Å². The minimum Gasteiger partial charge on any atom is -0.438 e. The molecule has 0 bridgehead atoms. The van der Waals surface area contributed by atoms with Crippen LogP contribution in [0, 0.1) is 13.8 Å². The maximum atomic E-state index is 11.3. The summed E-state index contributed by atoms with van der Waals surface area (Å²) in [5.74, 6) is 2.22. The van der Waals surface area contributed by atoms with E-state index in [1.807, 2.05) is 0 Å². The second-order valence-corrected chi connectivity index (χ2v) is 4.62. The highest BCUT2D eigenvalue weighted by Crippen LogP contribution is 2.20. The van der Waals surface area contributed by atoms with Crippen molar-refractivity contribution in [2.75, 3.05) is 0 Å². The molecule has 3 heterocycles. The topological polar surface area (TPSA) is 86.2 Å². The molecule has 0 spiro atoms. The van der Waals surface area contributed by atoms with Crippen molar-refractivity contribution in [2.45, 2.75) is 27.2 Å². The molecule has 0 saturated carbocycles. The normalized spacial score (nSPS) is 11.2. The van der Waals surface area contributed by atoms with E-state index in [-0.39, 0.29) is 12.2 Å². The van der Waals surface area contributed by atoms with Crippen molar-refractivity contribution in [2.24, 2.45) is 0 Å². The largest absolute Gasteiger partial charge is 0.438 e. The van der Waals surface area contributed by atoms with Crippen molar-refractivity contribution in [1.29, 1.82) is 0 Å². The third-order valence-electron chi connectivity index (χ3n) is 2.76. The summed E-state index contributed by atoms with van der Waals surface area (Å²) in [7, 11) is 0. The molecule has 0 radical (unpaired) electrons. The van der Waals surface area contributed by atoms with Crippen LogP contribution in [0.15, 0.2) is 16.7 Å². The Labute approximate surface area is 114 Å². The predicted octanol–water partition coefficient (Wildman–Crippen LogP) is 1.53. The SMILES string of the molecule is CC(=O)Cc1cc2nc(C)nn2c(-c2cnc(C)o2)n1. The maximum absolute atomic E-state index is 11.3. The van der Waals surface area contributed by atoms with E-state index < -0.39 is 0 Å². The fourth-order valence-corrected chi connectivity index (χ4v) is 2.02. The summed E-state index contributed by atoms with van der Waals surface area (Å²) in [6, 6.07) is 1.76. The van der Waals surface area contributed by atoms with Gasteiger partial charge in [0, 0.05) is 19.4 Å². The number of nitrogens with zero attached hydrogens (tertiary/aromatic N) is 5. The monoisotopic (exact) mass is 271 g/mol. The standard InChI is InChI=1S/C13H13N5O2/c1-7(19)4-10-5-12-15-8(2)17-18(12)13(16-10)11-6-14-9(3)20-11/h5-6H,4H2,1-3H3. The summed E-state index contributed by atoms with van der Waals surface area (Å²) < 4.78 is 7.10. The lowest BCUT2D eigenvalue weighted by atomic mass is 10.2. The number of hydrogen-bond donors (Lipinski definition) is 0. The lowest BCUT2D eigenvalue weighted by molar-refractivity contribution is -0.116. The van der Waals surface area contributed by atoms with Crippen LogP contribution in [-0.4, -0.2) is 30.3 Å². The molecule has 3 aromatic heterocycles. The first-order chi connectivity index (χ1) is 9.52. The van der Waals surface area contributed by atoms with E-state index in [1.165, 1.54) is 6.92 Å². The van der Waals surface area contributed by atoms with Gasteiger partial charge in [0.15, 0.2) is 17.3 Å². The summed E-state index contributed by atoms with van der Waals surface area (Å²) in [5, 5.41) is 4.29. The molecule has 0 atom stereocenters. The zero-order valence-electron chi connectivity index (χ0n) is 11.4. The Morgan fingerprint density at radius 1 is 1.35 bits per heavy atom. The van der Waals surface area contributed by atoms with Crippen LogP contribution >= 0.6 is 0 Å². The van der Waals surface area contributed by atoms with E-state index in [9.17, 15) is 4.79 Å². The number of aryl methyl sites for hydroxylation is 2. The molecule has 0 saturated heterocycles. The smallest absolute Gasteiger partial charge is 0.200 e. The highest BCUT2D eigenvalue weighted by atomic mass is 16.4. The number of hydrogen-bond acceptors (Lipinski definition) is 6. The first-order valence-corrected chi connectivity index (χ1v) is 6.18. The van der Waals surface area contributed by atoms with Crippen LogP contribution in [0.3, 0.4) is 0 Å². The molecule has 3 aromatic rings. The van der Waals surface area contributed by atoms with E-state index >= 15 is 0 Å². The molecule has 7 heteroatoms. The Hall–Kier alpha value is -2.57. The minimum atomic E-state index is 0.0396. The van der Waals surface area contributed by atoms with Gasteiger partial charge in [-0.05, 0) is 13.8 Å². The highest BCUT2D eigenvalue weighted by Gasteiger charge is 2.15. The van der Waals surface area contributed by atoms with Gasteiger partial charge < -0.3 is 4.42 Å². The van der Waals surface area contributed by atoms with Crippen molar-refractivity contribution in [3.8, 4) is 11.6 Å². The quantitative estimate of drug-likeness (QED) is 0.718. The number of rotatable bonds is 3. The first-order valence-electron chi connectivity index (χ1n) is 6.18. The second kappa shape index (κ2) is 4.52. The molecule has 0 aromatic carbocycles.